The lowest BCUT2D eigenvalue weighted by Gasteiger charge is -2.54. The molecular weight excluding hydrogens is 222 g/mol. The fourth-order valence-corrected chi connectivity index (χ4v) is 5.20. The first-order chi connectivity index (χ1) is 8.76. The molecule has 0 aromatic carbocycles. The van der Waals surface area contributed by atoms with Crippen molar-refractivity contribution in [1.29, 1.82) is 5.26 Å². The van der Waals surface area contributed by atoms with E-state index in [1.807, 2.05) is 6.92 Å². The number of aromatic nitrogens is 2. The Bertz CT molecular complexity index is 494. The predicted octanol–water partition coefficient (Wildman–Crippen LogP) is 3.13. The van der Waals surface area contributed by atoms with E-state index in [1.54, 1.807) is 0 Å². The summed E-state index contributed by atoms with van der Waals surface area (Å²) in [4.78, 5) is 0. The van der Waals surface area contributed by atoms with E-state index in [9.17, 15) is 5.26 Å². The summed E-state index contributed by atoms with van der Waals surface area (Å²) >= 11 is 0. The van der Waals surface area contributed by atoms with Crippen LogP contribution >= 0.6 is 0 Å². The molecule has 0 aliphatic heterocycles. The van der Waals surface area contributed by atoms with E-state index >= 15 is 0 Å². The molecule has 0 saturated heterocycles. The van der Waals surface area contributed by atoms with Gasteiger partial charge in [0.05, 0.1) is 17.0 Å². The number of nitrogens with zero attached hydrogens (tertiary/aromatic N) is 2. The molecule has 0 spiro atoms. The second-order valence-electron chi connectivity index (χ2n) is 6.68. The minimum absolute atomic E-state index is 0.567. The number of H-pyrrole nitrogens is 1. The molecule has 4 bridgehead atoms. The lowest BCUT2D eigenvalue weighted by Crippen LogP contribution is -2.44. The van der Waals surface area contributed by atoms with Crippen LogP contribution < -0.4 is 0 Å². The van der Waals surface area contributed by atoms with Gasteiger partial charge in [-0.15, -0.1) is 0 Å². The van der Waals surface area contributed by atoms with E-state index in [2.05, 4.69) is 16.3 Å². The monoisotopic (exact) mass is 241 g/mol. The summed E-state index contributed by atoms with van der Waals surface area (Å²) in [5, 5.41) is 16.8. The highest BCUT2D eigenvalue weighted by atomic mass is 15.1. The fourth-order valence-electron chi connectivity index (χ4n) is 5.20. The van der Waals surface area contributed by atoms with Crippen molar-refractivity contribution in [2.75, 3.05) is 0 Å². The van der Waals surface area contributed by atoms with Gasteiger partial charge in [-0.05, 0) is 62.7 Å². The van der Waals surface area contributed by atoms with Crippen LogP contribution in [0, 0.1) is 41.9 Å². The Hall–Kier alpha value is -1.30. The number of nitrogens with one attached hydrogen (secondary N) is 1. The Morgan fingerprint density at radius 1 is 1.11 bits per heavy atom. The molecule has 0 radical (unpaired) electrons. The Kier molecular flexibility index (Phi) is 2.12. The summed E-state index contributed by atoms with van der Waals surface area (Å²) in [6.45, 7) is 1.96. The van der Waals surface area contributed by atoms with Crippen LogP contribution in [0.5, 0.6) is 0 Å². The summed E-state index contributed by atoms with van der Waals surface area (Å²) in [7, 11) is 0. The molecular formula is C15H19N3. The standard InChI is InChI=1S/C15H19N3/c1-8-13(7-16)15(18-17-8)14-11-3-9-2-10(5-11)6-12(14)4-9/h9-12,14H,2-6H2,1H3,(H,17,18). The van der Waals surface area contributed by atoms with Crippen LogP contribution in [-0.2, 0) is 0 Å². The van der Waals surface area contributed by atoms with Crippen LogP contribution in [0.4, 0.5) is 0 Å². The van der Waals surface area contributed by atoms with E-state index in [0.717, 1.165) is 40.6 Å². The van der Waals surface area contributed by atoms with Gasteiger partial charge in [0, 0.05) is 5.92 Å². The van der Waals surface area contributed by atoms with Crippen molar-refractivity contribution < 1.29 is 0 Å². The molecule has 18 heavy (non-hydrogen) atoms. The first kappa shape index (κ1) is 10.6. The minimum Gasteiger partial charge on any atom is -0.281 e. The summed E-state index contributed by atoms with van der Waals surface area (Å²) in [6, 6.07) is 2.36. The molecule has 0 amide bonds. The number of hydrogen-bond acceptors (Lipinski definition) is 2. The highest BCUT2D eigenvalue weighted by Crippen LogP contribution is 2.59. The Balaban J connectivity index is 1.75. The number of hydrogen-bond donors (Lipinski definition) is 1. The topological polar surface area (TPSA) is 52.5 Å². The van der Waals surface area contributed by atoms with Crippen molar-refractivity contribution >= 4 is 0 Å². The van der Waals surface area contributed by atoms with Crippen molar-refractivity contribution in [3.63, 3.8) is 0 Å². The highest BCUT2D eigenvalue weighted by molar-refractivity contribution is 5.40. The third-order valence-electron chi connectivity index (χ3n) is 5.63. The first-order valence-electron chi connectivity index (χ1n) is 7.21. The lowest BCUT2D eigenvalue weighted by molar-refractivity contribution is -0.00425. The Morgan fingerprint density at radius 3 is 2.28 bits per heavy atom. The van der Waals surface area contributed by atoms with Crippen LogP contribution in [0.2, 0.25) is 0 Å². The molecule has 1 N–H and O–H groups in total. The summed E-state index contributed by atoms with van der Waals surface area (Å²) in [5.41, 5.74) is 2.86. The molecule has 4 fully saturated rings. The molecule has 1 aromatic rings. The zero-order valence-electron chi connectivity index (χ0n) is 10.8. The first-order valence-corrected chi connectivity index (χ1v) is 7.21. The van der Waals surface area contributed by atoms with Crippen molar-refractivity contribution in [1.82, 2.24) is 10.2 Å². The van der Waals surface area contributed by atoms with E-state index < -0.39 is 0 Å². The second kappa shape index (κ2) is 3.60. The third kappa shape index (κ3) is 1.32. The normalized spacial score (nSPS) is 41.0. The number of nitriles is 1. The summed E-state index contributed by atoms with van der Waals surface area (Å²) in [5.74, 6) is 4.13. The van der Waals surface area contributed by atoms with Gasteiger partial charge in [0.25, 0.3) is 0 Å². The van der Waals surface area contributed by atoms with Crippen LogP contribution in [-0.4, -0.2) is 10.2 Å². The van der Waals surface area contributed by atoms with Gasteiger partial charge in [-0.3, -0.25) is 5.10 Å². The molecule has 3 nitrogen and oxygen atoms in total. The molecule has 1 aromatic heterocycles. The van der Waals surface area contributed by atoms with E-state index in [1.165, 1.54) is 32.1 Å². The van der Waals surface area contributed by atoms with Crippen LogP contribution in [0.3, 0.4) is 0 Å². The average Bonchev–Trinajstić information content (AvgIpc) is 2.69. The van der Waals surface area contributed by atoms with E-state index in [-0.39, 0.29) is 0 Å². The number of aromatic amines is 1. The molecule has 0 atom stereocenters. The SMILES string of the molecule is Cc1[nH]nc(C2C3CC4CC(C3)CC2C4)c1C#N. The molecule has 4 aliphatic carbocycles. The maximum Gasteiger partial charge on any atom is 0.103 e. The zero-order chi connectivity index (χ0) is 12.3. The summed E-state index contributed by atoms with van der Waals surface area (Å²) < 4.78 is 0. The number of rotatable bonds is 1. The second-order valence-corrected chi connectivity index (χ2v) is 6.68. The minimum atomic E-state index is 0.567. The van der Waals surface area contributed by atoms with Gasteiger partial charge in [0.15, 0.2) is 0 Å². The lowest BCUT2D eigenvalue weighted by atomic mass is 9.51. The quantitative estimate of drug-likeness (QED) is 0.821. The summed E-state index contributed by atoms with van der Waals surface area (Å²) in [6.07, 6.45) is 7.01. The van der Waals surface area contributed by atoms with Gasteiger partial charge in [-0.1, -0.05) is 0 Å². The van der Waals surface area contributed by atoms with Gasteiger partial charge in [0.2, 0.25) is 0 Å². The highest BCUT2D eigenvalue weighted by Gasteiger charge is 2.49. The molecule has 4 saturated carbocycles. The fraction of sp³-hybridized carbons (Fsp3) is 0.733. The maximum atomic E-state index is 9.33. The van der Waals surface area contributed by atoms with E-state index in [4.69, 9.17) is 0 Å². The third-order valence-corrected chi connectivity index (χ3v) is 5.63. The van der Waals surface area contributed by atoms with Gasteiger partial charge in [-0.2, -0.15) is 10.4 Å². The largest absolute Gasteiger partial charge is 0.281 e. The maximum absolute atomic E-state index is 9.33. The van der Waals surface area contributed by atoms with Gasteiger partial charge in [0.1, 0.15) is 6.07 Å². The predicted molar refractivity (Wildman–Crippen MR) is 67.8 cm³/mol. The number of aryl methyl sites for hydroxylation is 1. The zero-order valence-corrected chi connectivity index (χ0v) is 10.8. The molecule has 3 heteroatoms. The molecule has 5 rings (SSSR count). The van der Waals surface area contributed by atoms with Gasteiger partial charge < -0.3 is 0 Å². The van der Waals surface area contributed by atoms with E-state index in [0.29, 0.717) is 5.92 Å². The molecule has 1 heterocycles. The van der Waals surface area contributed by atoms with Crippen molar-refractivity contribution in [3.05, 3.63) is 17.0 Å². The van der Waals surface area contributed by atoms with Crippen molar-refractivity contribution in [2.45, 2.75) is 44.9 Å². The van der Waals surface area contributed by atoms with Gasteiger partial charge in [-0.25, -0.2) is 0 Å². The van der Waals surface area contributed by atoms with Crippen molar-refractivity contribution in [3.8, 4) is 6.07 Å². The molecule has 94 valence electrons. The molecule has 4 aliphatic rings. The Labute approximate surface area is 108 Å². The van der Waals surface area contributed by atoms with Gasteiger partial charge >= 0.3 is 0 Å². The van der Waals surface area contributed by atoms with Crippen LogP contribution in [0.15, 0.2) is 0 Å². The van der Waals surface area contributed by atoms with Crippen molar-refractivity contribution in [2.24, 2.45) is 23.7 Å². The van der Waals surface area contributed by atoms with Crippen LogP contribution in [0.1, 0.15) is 55.0 Å². The van der Waals surface area contributed by atoms with Crippen LogP contribution in [0.25, 0.3) is 0 Å². The Morgan fingerprint density at radius 2 is 1.72 bits per heavy atom. The molecule has 0 unspecified atom stereocenters. The smallest absolute Gasteiger partial charge is 0.103 e. The average molecular weight is 241 g/mol.